The molecule has 0 saturated carbocycles. The summed E-state index contributed by atoms with van der Waals surface area (Å²) in [6.07, 6.45) is 0.683. The molecular formula is C28H34N2O6. The summed E-state index contributed by atoms with van der Waals surface area (Å²) in [5.74, 6) is -0.786. The fourth-order valence-electron chi connectivity index (χ4n) is 4.74. The van der Waals surface area contributed by atoms with Crippen LogP contribution in [0.25, 0.3) is 5.76 Å². The summed E-state index contributed by atoms with van der Waals surface area (Å²) in [6.45, 7) is 9.96. The van der Waals surface area contributed by atoms with Gasteiger partial charge in [0, 0.05) is 31.7 Å². The second kappa shape index (κ2) is 11.1. The molecule has 2 N–H and O–H groups in total. The van der Waals surface area contributed by atoms with E-state index < -0.39 is 17.7 Å². The van der Waals surface area contributed by atoms with Crippen LogP contribution >= 0.6 is 0 Å². The predicted octanol–water partition coefficient (Wildman–Crippen LogP) is 3.63. The average molecular weight is 495 g/mol. The first-order valence-corrected chi connectivity index (χ1v) is 12.4. The number of hydrogen-bond donors (Lipinski definition) is 2. The zero-order valence-corrected chi connectivity index (χ0v) is 21.1. The highest BCUT2D eigenvalue weighted by atomic mass is 16.5. The van der Waals surface area contributed by atoms with Crippen LogP contribution in [0.15, 0.2) is 48.0 Å². The Balaban J connectivity index is 1.67. The van der Waals surface area contributed by atoms with Crippen LogP contribution in [-0.4, -0.2) is 77.2 Å². The number of morpholine rings is 1. The molecule has 1 atom stereocenters. The van der Waals surface area contributed by atoms with Gasteiger partial charge in [0.2, 0.25) is 0 Å². The van der Waals surface area contributed by atoms with Crippen molar-refractivity contribution in [3.63, 3.8) is 0 Å². The number of aliphatic hydroxyl groups is 1. The lowest BCUT2D eigenvalue weighted by molar-refractivity contribution is -0.140. The summed E-state index contributed by atoms with van der Waals surface area (Å²) < 4.78 is 11.2. The topological polar surface area (TPSA) is 99.5 Å². The Kier molecular flexibility index (Phi) is 7.96. The number of ketones is 1. The molecule has 1 amide bonds. The lowest BCUT2D eigenvalue weighted by Gasteiger charge is -2.29. The van der Waals surface area contributed by atoms with Crippen LogP contribution in [0.4, 0.5) is 0 Å². The largest absolute Gasteiger partial charge is 0.508 e. The van der Waals surface area contributed by atoms with Crippen molar-refractivity contribution in [3.05, 3.63) is 64.7 Å². The second-order valence-electron chi connectivity index (χ2n) is 9.54. The fraction of sp³-hybridized carbons (Fsp3) is 0.429. The summed E-state index contributed by atoms with van der Waals surface area (Å²) in [5.41, 5.74) is 1.96. The van der Waals surface area contributed by atoms with Crippen molar-refractivity contribution >= 4 is 17.4 Å². The van der Waals surface area contributed by atoms with Gasteiger partial charge >= 0.3 is 0 Å². The number of ether oxygens (including phenoxy) is 2. The number of phenolic OH excluding ortho intramolecular Hbond substituents is 1. The summed E-state index contributed by atoms with van der Waals surface area (Å²) in [4.78, 5) is 30.2. The molecule has 0 aliphatic carbocycles. The van der Waals surface area contributed by atoms with E-state index in [-0.39, 0.29) is 23.2 Å². The molecule has 0 radical (unpaired) electrons. The number of benzene rings is 2. The van der Waals surface area contributed by atoms with E-state index in [1.54, 1.807) is 30.3 Å². The molecule has 2 saturated heterocycles. The monoisotopic (exact) mass is 494 g/mol. The highest BCUT2D eigenvalue weighted by Gasteiger charge is 2.45. The molecule has 2 aromatic rings. The van der Waals surface area contributed by atoms with Crippen LogP contribution in [0.3, 0.4) is 0 Å². The number of nitrogens with zero attached hydrogens (tertiary/aromatic N) is 2. The Bertz CT molecular complexity index is 1140. The van der Waals surface area contributed by atoms with Crippen molar-refractivity contribution < 1.29 is 29.3 Å². The quantitative estimate of drug-likeness (QED) is 0.328. The molecule has 0 spiro atoms. The Morgan fingerprint density at radius 3 is 2.42 bits per heavy atom. The number of Topliss-reactive ketones (excluding diaryl/α,β-unsaturated/α-hetero) is 1. The van der Waals surface area contributed by atoms with Crippen molar-refractivity contribution in [1.29, 1.82) is 0 Å². The van der Waals surface area contributed by atoms with E-state index in [2.05, 4.69) is 4.90 Å². The molecule has 0 aromatic heterocycles. The summed E-state index contributed by atoms with van der Waals surface area (Å²) in [7, 11) is 0. The highest BCUT2D eigenvalue weighted by Crippen LogP contribution is 2.40. The number of likely N-dealkylation sites (tertiary alicyclic amines) is 1. The molecule has 2 aromatic carbocycles. The fourth-order valence-corrected chi connectivity index (χ4v) is 4.74. The number of aromatic hydroxyl groups is 1. The molecular weight excluding hydrogens is 460 g/mol. The molecule has 192 valence electrons. The molecule has 0 unspecified atom stereocenters. The van der Waals surface area contributed by atoms with E-state index in [0.29, 0.717) is 43.1 Å². The zero-order chi connectivity index (χ0) is 25.8. The third kappa shape index (κ3) is 5.55. The van der Waals surface area contributed by atoms with Gasteiger partial charge in [-0.1, -0.05) is 12.1 Å². The van der Waals surface area contributed by atoms with Gasteiger partial charge in [0.05, 0.1) is 30.9 Å². The van der Waals surface area contributed by atoms with Gasteiger partial charge in [-0.3, -0.25) is 14.5 Å². The first kappa shape index (κ1) is 25.7. The lowest BCUT2D eigenvalue weighted by Crippen LogP contribution is -2.38. The highest BCUT2D eigenvalue weighted by molar-refractivity contribution is 6.46. The molecule has 8 nitrogen and oxygen atoms in total. The second-order valence-corrected chi connectivity index (χ2v) is 9.54. The van der Waals surface area contributed by atoms with E-state index in [1.165, 1.54) is 17.0 Å². The number of phenols is 1. The van der Waals surface area contributed by atoms with Crippen molar-refractivity contribution in [3.8, 4) is 11.5 Å². The third-order valence-corrected chi connectivity index (χ3v) is 6.54. The maximum Gasteiger partial charge on any atom is 0.295 e. The number of amides is 1. The molecule has 8 heteroatoms. The number of hydrogen-bond acceptors (Lipinski definition) is 7. The van der Waals surface area contributed by atoms with Gasteiger partial charge in [-0.2, -0.15) is 0 Å². The van der Waals surface area contributed by atoms with Gasteiger partial charge in [0.1, 0.15) is 17.3 Å². The van der Waals surface area contributed by atoms with E-state index in [0.717, 1.165) is 25.2 Å². The Hall–Kier alpha value is -3.36. The van der Waals surface area contributed by atoms with Crippen molar-refractivity contribution in [2.45, 2.75) is 39.3 Å². The lowest BCUT2D eigenvalue weighted by atomic mass is 9.94. The number of rotatable bonds is 8. The van der Waals surface area contributed by atoms with Crippen molar-refractivity contribution in [1.82, 2.24) is 9.80 Å². The summed E-state index contributed by atoms with van der Waals surface area (Å²) in [5, 5.41) is 21.1. The van der Waals surface area contributed by atoms with Crippen LogP contribution in [0.5, 0.6) is 11.5 Å². The smallest absolute Gasteiger partial charge is 0.295 e. The number of carbonyl (C=O) groups excluding carboxylic acids is 2. The summed E-state index contributed by atoms with van der Waals surface area (Å²) >= 11 is 0. The molecule has 2 aliphatic rings. The van der Waals surface area contributed by atoms with Crippen LogP contribution in [-0.2, 0) is 14.3 Å². The minimum absolute atomic E-state index is 0.000399. The maximum atomic E-state index is 13.2. The van der Waals surface area contributed by atoms with E-state index in [1.807, 2.05) is 20.8 Å². The van der Waals surface area contributed by atoms with Gasteiger partial charge in [-0.25, -0.2) is 0 Å². The number of aryl methyl sites for hydroxylation is 1. The zero-order valence-electron chi connectivity index (χ0n) is 21.1. The van der Waals surface area contributed by atoms with Gasteiger partial charge in [-0.15, -0.1) is 0 Å². The number of carbonyl (C=O) groups is 2. The Morgan fingerprint density at radius 1 is 1.08 bits per heavy atom. The SMILES string of the molecule is Cc1cc(C(O)=C2C(=O)C(=O)N(CCCN3CCOCC3)[C@H]2c2ccc(O)cc2)ccc1OC(C)C. The first-order valence-electron chi connectivity index (χ1n) is 12.4. The van der Waals surface area contributed by atoms with Crippen LogP contribution in [0.2, 0.25) is 0 Å². The van der Waals surface area contributed by atoms with E-state index in [4.69, 9.17) is 9.47 Å². The predicted molar refractivity (Wildman–Crippen MR) is 136 cm³/mol. The van der Waals surface area contributed by atoms with Crippen LogP contribution < -0.4 is 4.74 Å². The summed E-state index contributed by atoms with van der Waals surface area (Å²) in [6, 6.07) is 10.9. The number of aliphatic hydroxyl groups excluding tert-OH is 1. The Labute approximate surface area is 211 Å². The van der Waals surface area contributed by atoms with E-state index >= 15 is 0 Å². The van der Waals surface area contributed by atoms with Crippen molar-refractivity contribution in [2.24, 2.45) is 0 Å². The van der Waals surface area contributed by atoms with Crippen LogP contribution in [0, 0.1) is 6.92 Å². The molecule has 4 rings (SSSR count). The van der Waals surface area contributed by atoms with Gasteiger partial charge < -0.3 is 24.6 Å². The van der Waals surface area contributed by atoms with Gasteiger partial charge in [-0.05, 0) is 68.7 Å². The molecule has 36 heavy (non-hydrogen) atoms. The molecule has 0 bridgehead atoms. The van der Waals surface area contributed by atoms with Gasteiger partial charge in [0.25, 0.3) is 11.7 Å². The maximum absolute atomic E-state index is 13.2. The first-order chi connectivity index (χ1) is 17.3. The van der Waals surface area contributed by atoms with Crippen molar-refractivity contribution in [2.75, 3.05) is 39.4 Å². The van der Waals surface area contributed by atoms with Crippen LogP contribution in [0.1, 0.15) is 43.0 Å². The third-order valence-electron chi connectivity index (χ3n) is 6.54. The standard InChI is InChI=1S/C28H34N2O6/c1-18(2)36-23-10-7-21(17-19(23)3)26(32)24-25(20-5-8-22(31)9-6-20)30(28(34)27(24)33)12-4-11-29-13-15-35-16-14-29/h5-10,17-18,25,31-32H,4,11-16H2,1-3H3/t25-/m0/s1. The van der Waals surface area contributed by atoms with E-state index in [9.17, 15) is 19.8 Å². The average Bonchev–Trinajstić information content (AvgIpc) is 3.11. The minimum Gasteiger partial charge on any atom is -0.508 e. The Morgan fingerprint density at radius 2 is 1.78 bits per heavy atom. The molecule has 2 aliphatic heterocycles. The molecule has 2 fully saturated rings. The van der Waals surface area contributed by atoms with Gasteiger partial charge in [0.15, 0.2) is 0 Å². The molecule has 2 heterocycles. The minimum atomic E-state index is -0.748. The normalized spacial score (nSPS) is 20.3.